The van der Waals surface area contributed by atoms with Crippen molar-refractivity contribution in [2.24, 2.45) is 0 Å². The van der Waals surface area contributed by atoms with Gasteiger partial charge in [0, 0.05) is 12.4 Å². The summed E-state index contributed by atoms with van der Waals surface area (Å²) in [5.74, 6) is 1.18. The number of hydrogen-bond acceptors (Lipinski definition) is 6. The molecule has 0 aliphatic rings. The van der Waals surface area contributed by atoms with Crippen molar-refractivity contribution in [1.29, 1.82) is 0 Å². The van der Waals surface area contributed by atoms with Crippen LogP contribution in [0.25, 0.3) is 10.8 Å². The molecule has 6 nitrogen and oxygen atoms in total. The molecule has 3 aromatic heterocycles. The highest BCUT2D eigenvalue weighted by Gasteiger charge is 2.22. The summed E-state index contributed by atoms with van der Waals surface area (Å²) in [7, 11) is 1.80. The van der Waals surface area contributed by atoms with Crippen molar-refractivity contribution in [3.8, 4) is 10.8 Å². The molecule has 0 bridgehead atoms. The summed E-state index contributed by atoms with van der Waals surface area (Å²) in [4.78, 5) is 6.70. The molecule has 0 spiro atoms. The Bertz CT molecular complexity index is 755. The Hall–Kier alpha value is -2.13. The van der Waals surface area contributed by atoms with Gasteiger partial charge in [-0.2, -0.15) is 8.78 Å². The average Bonchev–Trinajstić information content (AvgIpc) is 3.26. The maximum atomic E-state index is 12.9. The van der Waals surface area contributed by atoms with Gasteiger partial charge >= 0.3 is 6.55 Å². The Labute approximate surface area is 135 Å². The second kappa shape index (κ2) is 6.55. The van der Waals surface area contributed by atoms with E-state index in [0.29, 0.717) is 11.8 Å². The van der Waals surface area contributed by atoms with Gasteiger partial charge < -0.3 is 4.42 Å². The fourth-order valence-electron chi connectivity index (χ4n) is 2.10. The van der Waals surface area contributed by atoms with Gasteiger partial charge in [0.1, 0.15) is 5.82 Å². The van der Waals surface area contributed by atoms with Crippen molar-refractivity contribution in [3.63, 3.8) is 0 Å². The fourth-order valence-corrected chi connectivity index (χ4v) is 2.74. The fraction of sp³-hybridized carbons (Fsp3) is 0.357. The lowest BCUT2D eigenvalue weighted by Gasteiger charge is -2.21. The van der Waals surface area contributed by atoms with E-state index in [0.717, 1.165) is 9.44 Å². The quantitative estimate of drug-likeness (QED) is 0.687. The molecule has 23 heavy (non-hydrogen) atoms. The third-order valence-corrected chi connectivity index (χ3v) is 4.40. The summed E-state index contributed by atoms with van der Waals surface area (Å²) >= 11 is 1.51. The van der Waals surface area contributed by atoms with Gasteiger partial charge in [-0.05, 0) is 25.4 Å². The van der Waals surface area contributed by atoms with Crippen LogP contribution in [0.3, 0.4) is 0 Å². The van der Waals surface area contributed by atoms with Crippen LogP contribution in [0, 0.1) is 0 Å². The van der Waals surface area contributed by atoms with Gasteiger partial charge in [0.2, 0.25) is 5.89 Å². The summed E-state index contributed by atoms with van der Waals surface area (Å²) < 4.78 is 32.2. The second-order valence-corrected chi connectivity index (χ2v) is 5.99. The van der Waals surface area contributed by atoms with Crippen molar-refractivity contribution < 1.29 is 13.2 Å². The van der Waals surface area contributed by atoms with E-state index in [-0.39, 0.29) is 18.4 Å². The van der Waals surface area contributed by atoms with E-state index in [4.69, 9.17) is 4.42 Å². The number of nitrogens with zero attached hydrogens (tertiary/aromatic N) is 5. The van der Waals surface area contributed by atoms with E-state index in [1.54, 1.807) is 7.05 Å². The summed E-state index contributed by atoms with van der Waals surface area (Å²) in [6.07, 6.45) is 2.63. The molecule has 0 aliphatic heterocycles. The molecular formula is C14H15F2N5OS. The van der Waals surface area contributed by atoms with Gasteiger partial charge in [-0.15, -0.1) is 21.5 Å². The predicted molar refractivity (Wildman–Crippen MR) is 81.0 cm³/mol. The van der Waals surface area contributed by atoms with Crippen molar-refractivity contribution in [1.82, 2.24) is 24.6 Å². The molecule has 0 aliphatic carbocycles. The Morgan fingerprint density at radius 1 is 1.39 bits per heavy atom. The summed E-state index contributed by atoms with van der Waals surface area (Å²) in [5.41, 5.74) is 0. The van der Waals surface area contributed by atoms with Crippen LogP contribution in [0.15, 0.2) is 34.3 Å². The van der Waals surface area contributed by atoms with Crippen LogP contribution in [0.4, 0.5) is 8.78 Å². The van der Waals surface area contributed by atoms with Crippen molar-refractivity contribution in [2.45, 2.75) is 26.1 Å². The number of aromatic nitrogens is 4. The maximum Gasteiger partial charge on any atom is 0.319 e. The smallest absolute Gasteiger partial charge is 0.319 e. The highest BCUT2D eigenvalue weighted by atomic mass is 32.1. The Kier molecular flexibility index (Phi) is 4.49. The van der Waals surface area contributed by atoms with E-state index in [1.807, 2.05) is 29.3 Å². The van der Waals surface area contributed by atoms with E-state index in [1.165, 1.54) is 23.7 Å². The first-order chi connectivity index (χ1) is 11.1. The molecule has 122 valence electrons. The predicted octanol–water partition coefficient (Wildman–Crippen LogP) is 3.58. The number of alkyl halides is 2. The van der Waals surface area contributed by atoms with Crippen molar-refractivity contribution in [2.75, 3.05) is 7.05 Å². The largest absolute Gasteiger partial charge is 0.418 e. The van der Waals surface area contributed by atoms with E-state index < -0.39 is 6.55 Å². The molecule has 0 unspecified atom stereocenters. The van der Waals surface area contributed by atoms with Crippen LogP contribution in [0.2, 0.25) is 0 Å². The monoisotopic (exact) mass is 339 g/mol. The first-order valence-corrected chi connectivity index (χ1v) is 7.81. The molecule has 0 fully saturated rings. The molecule has 3 rings (SSSR count). The number of thiophene rings is 1. The molecule has 0 radical (unpaired) electrons. The Balaban J connectivity index is 1.72. The maximum absolute atomic E-state index is 12.9. The van der Waals surface area contributed by atoms with Crippen LogP contribution in [-0.4, -0.2) is 31.7 Å². The number of halogens is 2. The minimum atomic E-state index is -2.61. The van der Waals surface area contributed by atoms with Crippen LogP contribution in [0.1, 0.15) is 31.2 Å². The highest BCUT2D eigenvalue weighted by molar-refractivity contribution is 7.13. The molecule has 0 N–H and O–H groups in total. The second-order valence-electron chi connectivity index (χ2n) is 5.04. The average molecular weight is 339 g/mol. The Morgan fingerprint density at radius 3 is 2.91 bits per heavy atom. The lowest BCUT2D eigenvalue weighted by atomic mass is 10.3. The molecule has 0 amide bonds. The topological polar surface area (TPSA) is 60.0 Å². The van der Waals surface area contributed by atoms with Crippen LogP contribution in [-0.2, 0) is 6.54 Å². The number of rotatable bonds is 6. The molecule has 0 saturated carbocycles. The van der Waals surface area contributed by atoms with Crippen LogP contribution in [0.5, 0.6) is 0 Å². The van der Waals surface area contributed by atoms with E-state index >= 15 is 0 Å². The molecule has 1 atom stereocenters. The lowest BCUT2D eigenvalue weighted by Crippen LogP contribution is -2.24. The third kappa shape index (κ3) is 3.30. The summed E-state index contributed by atoms with van der Waals surface area (Å²) in [5, 5.41) is 10.0. The van der Waals surface area contributed by atoms with Gasteiger partial charge in [-0.1, -0.05) is 6.07 Å². The van der Waals surface area contributed by atoms with E-state index in [2.05, 4.69) is 15.2 Å². The van der Waals surface area contributed by atoms with E-state index in [9.17, 15) is 8.78 Å². The first kappa shape index (κ1) is 15.8. The third-order valence-electron chi connectivity index (χ3n) is 3.54. The first-order valence-electron chi connectivity index (χ1n) is 6.93. The summed E-state index contributed by atoms with van der Waals surface area (Å²) in [6, 6.07) is 3.58. The molecule has 0 saturated heterocycles. The van der Waals surface area contributed by atoms with Crippen molar-refractivity contribution >= 4 is 11.3 Å². The molecular weight excluding hydrogens is 324 g/mol. The van der Waals surface area contributed by atoms with Gasteiger partial charge in [-0.3, -0.25) is 9.47 Å². The highest BCUT2D eigenvalue weighted by Crippen LogP contribution is 2.27. The summed E-state index contributed by atoms with van der Waals surface area (Å²) in [6.45, 7) is -0.485. The molecule has 9 heteroatoms. The molecule has 0 aromatic carbocycles. The Morgan fingerprint density at radius 2 is 2.22 bits per heavy atom. The van der Waals surface area contributed by atoms with Gasteiger partial charge in [0.05, 0.1) is 17.5 Å². The SMILES string of the molecule is C[C@@H](c1nnc(-c2cccs2)o1)N(C)Cc1nccn1C(F)F. The van der Waals surface area contributed by atoms with Crippen LogP contribution < -0.4 is 0 Å². The lowest BCUT2D eigenvalue weighted by molar-refractivity contribution is 0.0632. The molecule has 3 heterocycles. The van der Waals surface area contributed by atoms with Gasteiger partial charge in [0.15, 0.2) is 0 Å². The minimum absolute atomic E-state index is 0.223. The minimum Gasteiger partial charge on any atom is -0.418 e. The van der Waals surface area contributed by atoms with Gasteiger partial charge in [0.25, 0.3) is 5.89 Å². The van der Waals surface area contributed by atoms with Gasteiger partial charge in [-0.25, -0.2) is 4.98 Å². The number of imidazole rings is 1. The van der Waals surface area contributed by atoms with Crippen LogP contribution >= 0.6 is 11.3 Å². The zero-order valence-corrected chi connectivity index (χ0v) is 13.4. The normalized spacial score (nSPS) is 13.1. The zero-order chi connectivity index (χ0) is 16.4. The number of hydrogen-bond donors (Lipinski definition) is 0. The zero-order valence-electron chi connectivity index (χ0n) is 12.6. The molecule has 3 aromatic rings. The van der Waals surface area contributed by atoms with Crippen molar-refractivity contribution in [3.05, 3.63) is 41.6 Å². The standard InChI is InChI=1S/C14H15F2N5OS/c1-9(12-18-19-13(22-12)10-4-3-7-23-10)20(2)8-11-17-5-6-21(11)14(15)16/h3-7,9,14H,8H2,1-2H3/t9-/m0/s1.